The van der Waals surface area contributed by atoms with Crippen LogP contribution in [0.2, 0.25) is 0 Å². The number of aliphatic hydroxyl groups excluding tert-OH is 3. The zero-order valence-electron chi connectivity index (χ0n) is 66.0. The van der Waals surface area contributed by atoms with E-state index in [0.717, 1.165) is 9.80 Å². The molecule has 42 heteroatoms. The molecule has 0 aliphatic carbocycles. The van der Waals surface area contributed by atoms with Crippen LogP contribution in [0, 0.1) is 11.8 Å². The van der Waals surface area contributed by atoms with Crippen LogP contribution in [0.25, 0.3) is 10.9 Å². The number of nitrogens with zero attached hydrogens (tertiary/aromatic N) is 2. The second kappa shape index (κ2) is 55.0. The van der Waals surface area contributed by atoms with Crippen molar-refractivity contribution in [2.24, 2.45) is 29.0 Å². The van der Waals surface area contributed by atoms with E-state index in [1.165, 1.54) is 30.8 Å². The molecule has 11 atom stereocenters. The summed E-state index contributed by atoms with van der Waals surface area (Å²) >= 11 is 1.34. The van der Waals surface area contributed by atoms with Gasteiger partial charge in [-0.2, -0.15) is 11.8 Å². The number of rotatable bonds is 56. The van der Waals surface area contributed by atoms with E-state index >= 15 is 4.21 Å². The SMILES string of the molecule is CCC(=O)N[C@H](C(=O)NCC(=O)N[C@@H]1CS(=O)c2[nH]c3c(CSCCOCCOCCOCCOCCOCCOCCOCCOCCOCCOCCOCCN/C=C(\N)CN4C(=O)CCC4=O)c(O)ccc3c2C[C@@H](C(N)=O)NC(=O)[C@H]([C@@H](C)[C@@H](O)CO)NC(=O)[C@@H]2C[C@@H](O)CN2C(=O)[C@H](CCC(N)=O)NC1=O)[C@@H](C)CC. The number of nitrogens with one attached hydrogen (secondary N) is 8. The van der Waals surface area contributed by atoms with E-state index in [0.29, 0.717) is 150 Å². The summed E-state index contributed by atoms with van der Waals surface area (Å²) in [7, 11) is -2.49. The van der Waals surface area contributed by atoms with Gasteiger partial charge in [0.25, 0.3) is 0 Å². The largest absolute Gasteiger partial charge is 0.508 e. The van der Waals surface area contributed by atoms with Crippen LogP contribution >= 0.6 is 11.8 Å². The first-order valence-electron chi connectivity index (χ1n) is 38.6. The molecule has 0 radical (unpaired) electrons. The Morgan fingerprint density at radius 3 is 1.74 bits per heavy atom. The molecule has 1 aromatic heterocycles. The van der Waals surface area contributed by atoms with Crippen molar-refractivity contribution >= 4 is 98.4 Å². The number of fused-ring (bicyclic) bond motifs is 4. The average molecular weight is 1670 g/mol. The summed E-state index contributed by atoms with van der Waals surface area (Å²) in [6.45, 7) is 13.0. The van der Waals surface area contributed by atoms with Crippen LogP contribution in [0.3, 0.4) is 0 Å². The van der Waals surface area contributed by atoms with Crippen molar-refractivity contribution in [3.63, 3.8) is 0 Å². The normalized spacial score (nSPS) is 20.3. The first-order valence-corrected chi connectivity index (χ1v) is 41.1. The maximum atomic E-state index is 15.3. The van der Waals surface area contributed by atoms with Gasteiger partial charge < -0.3 is 137 Å². The number of likely N-dealkylation sites (tertiary alicyclic amines) is 1. The van der Waals surface area contributed by atoms with Gasteiger partial charge in [-0.3, -0.25) is 61.8 Å². The number of primary amides is 2. The smallest absolute Gasteiger partial charge is 0.245 e. The Morgan fingerprint density at radius 1 is 0.704 bits per heavy atom. The zero-order chi connectivity index (χ0) is 84.0. The maximum absolute atomic E-state index is 15.3. The summed E-state index contributed by atoms with van der Waals surface area (Å²) in [5.74, 6) is -11.3. The number of hydrogen-bond acceptors (Lipinski definition) is 30. The summed E-state index contributed by atoms with van der Waals surface area (Å²) in [5, 5.41) is 61.3. The minimum atomic E-state index is -2.49. The number of H-pyrrole nitrogens is 1. The van der Waals surface area contributed by atoms with Crippen LogP contribution in [0.15, 0.2) is 29.1 Å². The number of aromatic amines is 1. The van der Waals surface area contributed by atoms with Crippen LogP contribution < -0.4 is 54.4 Å². The predicted octanol–water partition coefficient (Wildman–Crippen LogP) is -4.81. The van der Waals surface area contributed by atoms with Crippen molar-refractivity contribution in [1.82, 2.24) is 52.0 Å². The molecule has 4 heterocycles. The van der Waals surface area contributed by atoms with Gasteiger partial charge in [-0.1, -0.05) is 34.1 Å². The fourth-order valence-corrected chi connectivity index (χ4v) is 14.1. The second-order valence-electron chi connectivity index (χ2n) is 27.1. The van der Waals surface area contributed by atoms with E-state index < -0.39 is 175 Å². The molecule has 2 saturated heterocycles. The van der Waals surface area contributed by atoms with Gasteiger partial charge in [-0.05, 0) is 30.0 Å². The van der Waals surface area contributed by atoms with Crippen molar-refractivity contribution in [2.45, 2.75) is 138 Å². The highest BCUT2D eigenvalue weighted by Gasteiger charge is 2.45. The lowest BCUT2D eigenvalue weighted by Gasteiger charge is -2.32. The Kier molecular flexibility index (Phi) is 46.8. The molecule has 18 N–H and O–H groups in total. The minimum absolute atomic E-state index is 0.0546. The Morgan fingerprint density at radius 2 is 1.23 bits per heavy atom. The van der Waals surface area contributed by atoms with Crippen LogP contribution in [-0.2, 0) is 128 Å². The molecule has 3 aliphatic heterocycles. The molecule has 115 heavy (non-hydrogen) atoms. The fraction of sp³-hybridized carbons (Fsp3) is 0.712. The van der Waals surface area contributed by atoms with Gasteiger partial charge in [-0.25, -0.2) is 0 Å². The number of phenols is 1. The van der Waals surface area contributed by atoms with Crippen LogP contribution in [0.1, 0.15) is 83.8 Å². The quantitative estimate of drug-likeness (QED) is 0.0218. The molecule has 5 rings (SSSR count). The average Bonchev–Trinajstić information content (AvgIpc) is 1.62. The van der Waals surface area contributed by atoms with Crippen molar-refractivity contribution in [1.29, 1.82) is 0 Å². The van der Waals surface area contributed by atoms with Gasteiger partial charge in [0, 0.05) is 91.9 Å². The molecule has 650 valence electrons. The van der Waals surface area contributed by atoms with E-state index in [4.69, 9.17) is 69.3 Å². The number of aromatic hydroxyl groups is 1. The van der Waals surface area contributed by atoms with E-state index in [1.54, 1.807) is 27.0 Å². The van der Waals surface area contributed by atoms with Crippen molar-refractivity contribution in [3.8, 4) is 5.75 Å². The number of aromatic nitrogens is 1. The Labute approximate surface area is 674 Å². The fourth-order valence-electron chi connectivity index (χ4n) is 11.8. The monoisotopic (exact) mass is 1670 g/mol. The van der Waals surface area contributed by atoms with Crippen LogP contribution in [0.5, 0.6) is 5.75 Å². The number of imide groups is 1. The number of thioether (sulfide) groups is 1. The third-order valence-electron chi connectivity index (χ3n) is 18.5. The lowest BCUT2D eigenvalue weighted by Crippen LogP contribution is -2.61. The summed E-state index contributed by atoms with van der Waals surface area (Å²) < 4.78 is 76.5. The number of carbonyl (C=O) groups is 11. The summed E-state index contributed by atoms with van der Waals surface area (Å²) in [4.78, 5) is 153. The number of carbonyl (C=O) groups excluding carboxylic acids is 11. The maximum Gasteiger partial charge on any atom is 0.245 e. The first-order chi connectivity index (χ1) is 55.3. The van der Waals surface area contributed by atoms with Crippen molar-refractivity contribution in [3.05, 3.63) is 35.2 Å². The summed E-state index contributed by atoms with van der Waals surface area (Å²) in [6, 6.07) is -6.92. The molecular weight excluding hydrogens is 1560 g/mol. The van der Waals surface area contributed by atoms with Gasteiger partial charge in [0.15, 0.2) is 0 Å². The number of aliphatic hydroxyl groups is 3. The molecule has 1 aromatic carbocycles. The van der Waals surface area contributed by atoms with Crippen LogP contribution in [0.4, 0.5) is 0 Å². The minimum Gasteiger partial charge on any atom is -0.508 e. The van der Waals surface area contributed by atoms with Crippen LogP contribution in [-0.4, -0.2) is 342 Å². The highest BCUT2D eigenvalue weighted by molar-refractivity contribution is 7.98. The molecular formula is C73H119N13O27S2. The summed E-state index contributed by atoms with van der Waals surface area (Å²) in [6.07, 6.45) is -2.47. The third kappa shape index (κ3) is 35.5. The van der Waals surface area contributed by atoms with Crippen molar-refractivity contribution < 1.29 is 129 Å². The lowest BCUT2D eigenvalue weighted by atomic mass is 9.93. The summed E-state index contributed by atoms with van der Waals surface area (Å²) in [5.41, 5.74) is 18.3. The topological polar surface area (TPSA) is 572 Å². The molecule has 11 amide bonds. The van der Waals surface area contributed by atoms with E-state index in [9.17, 15) is 73.2 Å². The molecule has 0 saturated carbocycles. The second-order valence-corrected chi connectivity index (χ2v) is 29.7. The number of nitrogens with two attached hydrogens (primary N) is 3. The molecule has 40 nitrogen and oxygen atoms in total. The number of ether oxygens (including phenoxy) is 11. The van der Waals surface area contributed by atoms with Gasteiger partial charge in [0.2, 0.25) is 65.0 Å². The molecule has 2 fully saturated rings. The number of benzene rings is 1. The standard InChI is InChI=1S/C73H119N13O27S2/c1-5-46(3)64(82-60(92)6-2)70(99)78-40-61(93)79-55-45-115(102)72-51(38-54(67(76)96)81-71(100)65(47(4)58(90)43-87)83-69(98)56-37-49(88)42-85(56)73(101)53(80-68(55)97)8-10-59(75)91)50-7-9-57(89)52(66(50)84-72)44-114-36-35-113-34-33-112-32-31-111-30-29-110-28-27-109-26-25-108-24-23-107-22-21-106-20-19-105-18-17-104-16-15-103-14-13-77-39-48(74)41-86-62(94)11-12-63(86)95/h7,9,39,46-47,49,53-56,58,64-65,77,84,87-90H,5-6,8,10-38,40-45,74H2,1-4H3,(H2,75,91)(H2,76,96)(H,78,99)(H,79,93)(H,80,97)(H,81,100)(H,82,92)(H,83,98)/b48-39-/t46-,47-,49+,53-,54-,55+,56-,58-,64-,65-,115?/m0/s1. The predicted molar refractivity (Wildman–Crippen MR) is 415 cm³/mol. The van der Waals surface area contributed by atoms with Crippen molar-refractivity contribution in [2.75, 3.05) is 190 Å². The Balaban J connectivity index is 1.04. The first kappa shape index (κ1) is 97.8. The van der Waals surface area contributed by atoms with Gasteiger partial charge in [0.05, 0.1) is 199 Å². The van der Waals surface area contributed by atoms with E-state index in [-0.39, 0.29) is 96.0 Å². The Bertz CT molecular complexity index is 3440. The van der Waals surface area contributed by atoms with E-state index in [2.05, 4.69) is 42.2 Å². The number of hydrogen-bond donors (Lipinski definition) is 15. The van der Waals surface area contributed by atoms with Gasteiger partial charge >= 0.3 is 0 Å². The highest BCUT2D eigenvalue weighted by Crippen LogP contribution is 2.36. The van der Waals surface area contributed by atoms with Gasteiger partial charge in [0.1, 0.15) is 47.0 Å². The van der Waals surface area contributed by atoms with E-state index in [1.807, 2.05) is 0 Å². The third-order valence-corrected chi connectivity index (χ3v) is 20.9. The molecule has 0 spiro atoms. The zero-order valence-corrected chi connectivity index (χ0v) is 67.6. The molecule has 0 bridgehead atoms. The lowest BCUT2D eigenvalue weighted by molar-refractivity contribution is -0.143. The number of phenolic OH excluding ortho intramolecular Hbond substituents is 1. The Hall–Kier alpha value is -7.79. The number of amides is 11. The molecule has 2 aromatic rings. The highest BCUT2D eigenvalue weighted by atomic mass is 32.2. The molecule has 3 aliphatic rings. The van der Waals surface area contributed by atoms with Gasteiger partial charge in [-0.15, -0.1) is 0 Å². The molecule has 1 unspecified atom stereocenters.